The van der Waals surface area contributed by atoms with E-state index in [9.17, 15) is 4.79 Å². The van der Waals surface area contributed by atoms with Crippen LogP contribution in [-0.2, 0) is 4.79 Å². The summed E-state index contributed by atoms with van der Waals surface area (Å²) in [7, 11) is 0. The van der Waals surface area contributed by atoms with Crippen molar-refractivity contribution in [3.05, 3.63) is 59.1 Å². The molecule has 0 saturated heterocycles. The molecule has 1 amide bonds. The number of halogens is 1. The summed E-state index contributed by atoms with van der Waals surface area (Å²) in [6, 6.07) is 14.7. The minimum absolute atomic E-state index is 0.144. The van der Waals surface area contributed by atoms with Crippen LogP contribution in [-0.4, -0.2) is 24.7 Å². The van der Waals surface area contributed by atoms with Gasteiger partial charge in [-0.15, -0.1) is 0 Å². The molecule has 0 aliphatic carbocycles. The molecule has 4 nitrogen and oxygen atoms in total. The first-order valence-electron chi connectivity index (χ1n) is 7.87. The number of ether oxygens (including phenoxy) is 2. The van der Waals surface area contributed by atoms with E-state index in [1.165, 1.54) is 0 Å². The molecule has 0 unspecified atom stereocenters. The molecule has 0 aliphatic heterocycles. The highest BCUT2D eigenvalue weighted by Gasteiger charge is 2.18. The predicted molar refractivity (Wildman–Crippen MR) is 95.8 cm³/mol. The third kappa shape index (κ3) is 5.17. The molecule has 0 saturated carbocycles. The molecule has 0 radical (unpaired) electrons. The third-order valence-corrected chi connectivity index (χ3v) is 3.79. The standard InChI is InChI=1S/C19H22ClNO3/c1-13-8-4-6-10-17(13)23-12-14(2)21-19(22)15(3)24-18-11-7-5-9-16(18)20/h4-11,14-15H,12H2,1-3H3,(H,21,22)/t14-,15-/m1/s1. The number of hydrogen-bond donors (Lipinski definition) is 1. The predicted octanol–water partition coefficient (Wildman–Crippen LogP) is 4.00. The van der Waals surface area contributed by atoms with E-state index in [1.807, 2.05) is 50.2 Å². The summed E-state index contributed by atoms with van der Waals surface area (Å²) < 4.78 is 11.3. The number of carbonyl (C=O) groups is 1. The zero-order chi connectivity index (χ0) is 17.5. The fourth-order valence-electron chi connectivity index (χ4n) is 2.12. The van der Waals surface area contributed by atoms with Gasteiger partial charge in [-0.1, -0.05) is 41.9 Å². The van der Waals surface area contributed by atoms with Crippen LogP contribution >= 0.6 is 11.6 Å². The lowest BCUT2D eigenvalue weighted by molar-refractivity contribution is -0.128. The van der Waals surface area contributed by atoms with Crippen LogP contribution in [0.2, 0.25) is 5.02 Å². The molecule has 0 aliphatic rings. The minimum Gasteiger partial charge on any atom is -0.491 e. The second-order valence-electron chi connectivity index (χ2n) is 5.68. The fourth-order valence-corrected chi connectivity index (χ4v) is 2.30. The fraction of sp³-hybridized carbons (Fsp3) is 0.316. The Morgan fingerprint density at radius 3 is 2.38 bits per heavy atom. The van der Waals surface area contributed by atoms with Crippen LogP contribution in [0, 0.1) is 6.92 Å². The molecule has 1 N–H and O–H groups in total. The van der Waals surface area contributed by atoms with E-state index in [4.69, 9.17) is 21.1 Å². The average Bonchev–Trinajstić information content (AvgIpc) is 2.56. The van der Waals surface area contributed by atoms with Crippen molar-refractivity contribution in [2.75, 3.05) is 6.61 Å². The molecular weight excluding hydrogens is 326 g/mol. The lowest BCUT2D eigenvalue weighted by Gasteiger charge is -2.20. The van der Waals surface area contributed by atoms with Gasteiger partial charge in [0.1, 0.15) is 18.1 Å². The second-order valence-corrected chi connectivity index (χ2v) is 6.08. The van der Waals surface area contributed by atoms with Crippen LogP contribution in [0.5, 0.6) is 11.5 Å². The molecular formula is C19H22ClNO3. The Kier molecular flexibility index (Phi) is 6.50. The first kappa shape index (κ1) is 18.1. The molecule has 0 aromatic heterocycles. The van der Waals surface area contributed by atoms with E-state index in [0.717, 1.165) is 11.3 Å². The van der Waals surface area contributed by atoms with Gasteiger partial charge >= 0.3 is 0 Å². The Morgan fingerprint density at radius 1 is 1.08 bits per heavy atom. The molecule has 2 atom stereocenters. The van der Waals surface area contributed by atoms with Crippen LogP contribution in [0.1, 0.15) is 19.4 Å². The summed E-state index contributed by atoms with van der Waals surface area (Å²) in [5.41, 5.74) is 1.06. The summed E-state index contributed by atoms with van der Waals surface area (Å²) in [5, 5.41) is 3.36. The Labute approximate surface area is 147 Å². The van der Waals surface area contributed by atoms with Crippen molar-refractivity contribution in [2.24, 2.45) is 0 Å². The lowest BCUT2D eigenvalue weighted by atomic mass is 10.2. The first-order chi connectivity index (χ1) is 11.5. The van der Waals surface area contributed by atoms with Gasteiger partial charge in [0.25, 0.3) is 5.91 Å². The Bertz CT molecular complexity index is 690. The van der Waals surface area contributed by atoms with Gasteiger partial charge in [0.05, 0.1) is 11.1 Å². The first-order valence-corrected chi connectivity index (χ1v) is 8.25. The Hall–Kier alpha value is -2.20. The summed E-state index contributed by atoms with van der Waals surface area (Å²) >= 11 is 6.03. The average molecular weight is 348 g/mol. The van der Waals surface area contributed by atoms with Crippen LogP contribution < -0.4 is 14.8 Å². The minimum atomic E-state index is -0.647. The monoisotopic (exact) mass is 347 g/mol. The number of para-hydroxylation sites is 2. The van der Waals surface area contributed by atoms with E-state index in [2.05, 4.69) is 5.32 Å². The van der Waals surface area contributed by atoms with Gasteiger partial charge < -0.3 is 14.8 Å². The SMILES string of the molecule is Cc1ccccc1OC[C@@H](C)NC(=O)[C@@H](C)Oc1ccccc1Cl. The molecule has 0 fully saturated rings. The number of aryl methyl sites for hydroxylation is 1. The van der Waals surface area contributed by atoms with Gasteiger partial charge in [-0.25, -0.2) is 0 Å². The van der Waals surface area contributed by atoms with Crippen molar-refractivity contribution < 1.29 is 14.3 Å². The molecule has 0 spiro atoms. The van der Waals surface area contributed by atoms with Crippen molar-refractivity contribution >= 4 is 17.5 Å². The number of rotatable bonds is 7. The van der Waals surface area contributed by atoms with Crippen molar-refractivity contribution in [3.63, 3.8) is 0 Å². The zero-order valence-electron chi connectivity index (χ0n) is 14.1. The van der Waals surface area contributed by atoms with Crippen molar-refractivity contribution in [2.45, 2.75) is 32.9 Å². The van der Waals surface area contributed by atoms with Gasteiger partial charge in [0.15, 0.2) is 6.10 Å². The Balaban J connectivity index is 1.82. The van der Waals surface area contributed by atoms with Gasteiger partial charge in [-0.3, -0.25) is 4.79 Å². The number of carbonyl (C=O) groups excluding carboxylic acids is 1. The van der Waals surface area contributed by atoms with Gasteiger partial charge in [-0.2, -0.15) is 0 Å². The van der Waals surface area contributed by atoms with Gasteiger partial charge in [-0.05, 0) is 44.5 Å². The normalized spacial score (nSPS) is 13.0. The number of amides is 1. The zero-order valence-corrected chi connectivity index (χ0v) is 14.8. The van der Waals surface area contributed by atoms with Crippen molar-refractivity contribution in [3.8, 4) is 11.5 Å². The molecule has 5 heteroatoms. The van der Waals surface area contributed by atoms with Crippen LogP contribution in [0.15, 0.2) is 48.5 Å². The van der Waals surface area contributed by atoms with Gasteiger partial charge in [0, 0.05) is 0 Å². The molecule has 2 rings (SSSR count). The van der Waals surface area contributed by atoms with Crippen molar-refractivity contribution in [1.29, 1.82) is 0 Å². The van der Waals surface area contributed by atoms with Crippen LogP contribution in [0.4, 0.5) is 0 Å². The molecule has 2 aromatic rings. The molecule has 0 heterocycles. The Morgan fingerprint density at radius 2 is 1.71 bits per heavy atom. The van der Waals surface area contributed by atoms with Crippen LogP contribution in [0.25, 0.3) is 0 Å². The maximum atomic E-state index is 12.2. The largest absolute Gasteiger partial charge is 0.491 e. The highest BCUT2D eigenvalue weighted by Crippen LogP contribution is 2.24. The second kappa shape index (κ2) is 8.60. The summed E-state index contributed by atoms with van der Waals surface area (Å²) in [6.45, 7) is 5.94. The highest BCUT2D eigenvalue weighted by molar-refractivity contribution is 6.32. The molecule has 128 valence electrons. The van der Waals surface area contributed by atoms with E-state index >= 15 is 0 Å². The number of nitrogens with one attached hydrogen (secondary N) is 1. The van der Waals surface area contributed by atoms with E-state index in [0.29, 0.717) is 17.4 Å². The summed E-state index contributed by atoms with van der Waals surface area (Å²) in [5.74, 6) is 1.10. The lowest BCUT2D eigenvalue weighted by Crippen LogP contribution is -2.43. The quantitative estimate of drug-likeness (QED) is 0.823. The number of benzene rings is 2. The third-order valence-electron chi connectivity index (χ3n) is 3.48. The van der Waals surface area contributed by atoms with Gasteiger partial charge in [0.2, 0.25) is 0 Å². The van der Waals surface area contributed by atoms with Crippen molar-refractivity contribution in [1.82, 2.24) is 5.32 Å². The maximum Gasteiger partial charge on any atom is 0.261 e. The molecule has 24 heavy (non-hydrogen) atoms. The number of hydrogen-bond acceptors (Lipinski definition) is 3. The molecule has 2 aromatic carbocycles. The highest BCUT2D eigenvalue weighted by atomic mass is 35.5. The van der Waals surface area contributed by atoms with E-state index in [-0.39, 0.29) is 11.9 Å². The smallest absolute Gasteiger partial charge is 0.261 e. The van der Waals surface area contributed by atoms with E-state index < -0.39 is 6.10 Å². The summed E-state index contributed by atoms with van der Waals surface area (Å²) in [4.78, 5) is 12.2. The molecule has 0 bridgehead atoms. The van der Waals surface area contributed by atoms with Crippen LogP contribution in [0.3, 0.4) is 0 Å². The van der Waals surface area contributed by atoms with E-state index in [1.54, 1.807) is 19.1 Å². The maximum absolute atomic E-state index is 12.2. The topological polar surface area (TPSA) is 47.6 Å². The summed E-state index contributed by atoms with van der Waals surface area (Å²) in [6.07, 6.45) is -0.647.